The Morgan fingerprint density at radius 1 is 1.37 bits per heavy atom. The maximum Gasteiger partial charge on any atom is 0.273 e. The molecule has 0 spiro atoms. The van der Waals surface area contributed by atoms with Gasteiger partial charge in [0.05, 0.1) is 0 Å². The molecule has 0 aliphatic heterocycles. The monoisotopic (exact) mass is 256 g/mol. The molecule has 2 aliphatic carbocycles. The van der Waals surface area contributed by atoms with Crippen LogP contribution in [0.4, 0.5) is 0 Å². The zero-order valence-electron chi connectivity index (χ0n) is 10.5. The number of hydrogen-bond donors (Lipinski definition) is 2. The maximum atomic E-state index is 11.8. The standard InChI is InChI=1S/C15H16N2O2/c18-14(10-5-2-1-3-6-10)15(19)17-16-13-9-11-7-4-8-12(11)13/h1-7,11-12,14,18H,8-9H2,(H,17,19)/b16-13+. The number of hydrogen-bond acceptors (Lipinski definition) is 3. The number of allylic oxidation sites excluding steroid dienone is 2. The summed E-state index contributed by atoms with van der Waals surface area (Å²) in [5.41, 5.74) is 4.08. The van der Waals surface area contributed by atoms with E-state index in [4.69, 9.17) is 0 Å². The molecule has 1 aromatic rings. The molecular formula is C15H16N2O2. The third-order valence-electron chi connectivity index (χ3n) is 3.84. The zero-order valence-corrected chi connectivity index (χ0v) is 10.5. The van der Waals surface area contributed by atoms with Crippen LogP contribution in [-0.4, -0.2) is 16.7 Å². The molecule has 3 rings (SSSR count). The number of hydrazone groups is 1. The van der Waals surface area contributed by atoms with E-state index in [9.17, 15) is 9.90 Å². The van der Waals surface area contributed by atoms with Gasteiger partial charge in [0.2, 0.25) is 0 Å². The molecule has 1 aromatic carbocycles. The van der Waals surface area contributed by atoms with Crippen molar-refractivity contribution < 1.29 is 9.90 Å². The second-order valence-corrected chi connectivity index (χ2v) is 5.03. The molecular weight excluding hydrogens is 240 g/mol. The van der Waals surface area contributed by atoms with Gasteiger partial charge in [-0.15, -0.1) is 0 Å². The number of fused-ring (bicyclic) bond motifs is 1. The number of nitrogens with one attached hydrogen (secondary N) is 1. The highest BCUT2D eigenvalue weighted by Gasteiger charge is 2.38. The predicted molar refractivity (Wildman–Crippen MR) is 72.3 cm³/mol. The summed E-state index contributed by atoms with van der Waals surface area (Å²) in [5, 5.41) is 14.0. The Labute approximate surface area is 111 Å². The number of nitrogens with zero attached hydrogens (tertiary/aromatic N) is 1. The minimum Gasteiger partial charge on any atom is -0.378 e. The summed E-state index contributed by atoms with van der Waals surface area (Å²) in [6.07, 6.45) is 5.15. The fourth-order valence-electron chi connectivity index (χ4n) is 2.64. The maximum absolute atomic E-state index is 11.8. The average molecular weight is 256 g/mol. The molecule has 0 saturated heterocycles. The number of carbonyl (C=O) groups is 1. The van der Waals surface area contributed by atoms with Gasteiger partial charge in [-0.05, 0) is 24.3 Å². The SMILES string of the molecule is O=C(N/N=C1\CC2C=CCC12)C(O)c1ccccc1. The van der Waals surface area contributed by atoms with Gasteiger partial charge in [0.1, 0.15) is 0 Å². The highest BCUT2D eigenvalue weighted by molar-refractivity contribution is 5.95. The first-order valence-corrected chi connectivity index (χ1v) is 6.51. The van der Waals surface area contributed by atoms with Crippen LogP contribution in [0.3, 0.4) is 0 Å². The molecule has 4 heteroatoms. The highest BCUT2D eigenvalue weighted by Crippen LogP contribution is 2.40. The quantitative estimate of drug-likeness (QED) is 0.639. The van der Waals surface area contributed by atoms with Crippen LogP contribution in [0, 0.1) is 11.8 Å². The molecule has 2 aliphatic rings. The number of aliphatic hydroxyl groups is 1. The van der Waals surface area contributed by atoms with Gasteiger partial charge in [0, 0.05) is 11.6 Å². The van der Waals surface area contributed by atoms with Crippen molar-refractivity contribution in [3.63, 3.8) is 0 Å². The molecule has 2 N–H and O–H groups in total. The van der Waals surface area contributed by atoms with Gasteiger partial charge in [-0.25, -0.2) is 5.43 Å². The van der Waals surface area contributed by atoms with Gasteiger partial charge in [-0.2, -0.15) is 5.10 Å². The molecule has 3 atom stereocenters. The lowest BCUT2D eigenvalue weighted by atomic mass is 9.74. The minimum atomic E-state index is -1.16. The second-order valence-electron chi connectivity index (χ2n) is 5.03. The molecule has 4 nitrogen and oxygen atoms in total. The number of aliphatic hydroxyl groups excluding tert-OH is 1. The van der Waals surface area contributed by atoms with Crippen molar-refractivity contribution >= 4 is 11.6 Å². The lowest BCUT2D eigenvalue weighted by Crippen LogP contribution is -2.36. The van der Waals surface area contributed by atoms with Gasteiger partial charge >= 0.3 is 0 Å². The third-order valence-corrected chi connectivity index (χ3v) is 3.84. The first kappa shape index (κ1) is 12.1. The van der Waals surface area contributed by atoms with E-state index in [1.54, 1.807) is 24.3 Å². The Morgan fingerprint density at radius 3 is 2.89 bits per heavy atom. The largest absolute Gasteiger partial charge is 0.378 e. The lowest BCUT2D eigenvalue weighted by Gasteiger charge is -2.31. The summed E-state index contributed by atoms with van der Waals surface area (Å²) in [6.45, 7) is 0. The highest BCUT2D eigenvalue weighted by atomic mass is 16.3. The summed E-state index contributed by atoms with van der Waals surface area (Å²) in [5.74, 6) is 0.594. The van der Waals surface area contributed by atoms with Crippen LogP contribution in [-0.2, 0) is 4.79 Å². The van der Waals surface area contributed by atoms with Crippen LogP contribution in [0.2, 0.25) is 0 Å². The molecule has 3 unspecified atom stereocenters. The smallest absolute Gasteiger partial charge is 0.273 e. The summed E-state index contributed by atoms with van der Waals surface area (Å²) in [7, 11) is 0. The Kier molecular flexibility index (Phi) is 3.17. The van der Waals surface area contributed by atoms with Crippen molar-refractivity contribution in [2.75, 3.05) is 0 Å². The molecule has 1 fully saturated rings. The summed E-state index contributed by atoms with van der Waals surface area (Å²) >= 11 is 0. The van der Waals surface area contributed by atoms with E-state index < -0.39 is 12.0 Å². The van der Waals surface area contributed by atoms with Crippen molar-refractivity contribution in [3.05, 3.63) is 48.0 Å². The number of carbonyl (C=O) groups excluding carboxylic acids is 1. The van der Waals surface area contributed by atoms with Crippen LogP contribution in [0.25, 0.3) is 0 Å². The van der Waals surface area contributed by atoms with Gasteiger partial charge in [0.25, 0.3) is 5.91 Å². The molecule has 0 aromatic heterocycles. The Balaban J connectivity index is 1.59. The molecule has 0 heterocycles. The van der Waals surface area contributed by atoms with E-state index in [1.165, 1.54) is 0 Å². The molecule has 0 radical (unpaired) electrons. The molecule has 0 bridgehead atoms. The van der Waals surface area contributed by atoms with E-state index in [1.807, 2.05) is 6.07 Å². The lowest BCUT2D eigenvalue weighted by molar-refractivity contribution is -0.129. The second kappa shape index (κ2) is 4.97. The van der Waals surface area contributed by atoms with Crippen LogP contribution in [0.15, 0.2) is 47.6 Å². The van der Waals surface area contributed by atoms with Crippen LogP contribution >= 0.6 is 0 Å². The van der Waals surface area contributed by atoms with E-state index in [0.29, 0.717) is 17.4 Å². The molecule has 1 saturated carbocycles. The number of benzene rings is 1. The van der Waals surface area contributed by atoms with E-state index >= 15 is 0 Å². The summed E-state index contributed by atoms with van der Waals surface area (Å²) in [4.78, 5) is 11.8. The third kappa shape index (κ3) is 2.31. The fraction of sp³-hybridized carbons (Fsp3) is 0.333. The van der Waals surface area contributed by atoms with Gasteiger partial charge < -0.3 is 5.11 Å². The predicted octanol–water partition coefficient (Wildman–Crippen LogP) is 1.79. The van der Waals surface area contributed by atoms with Gasteiger partial charge in [-0.3, -0.25) is 4.79 Å². The van der Waals surface area contributed by atoms with Crippen LogP contribution in [0.1, 0.15) is 24.5 Å². The zero-order chi connectivity index (χ0) is 13.2. The Morgan fingerprint density at radius 2 is 2.16 bits per heavy atom. The molecule has 1 amide bonds. The van der Waals surface area contributed by atoms with Crippen LogP contribution in [0.5, 0.6) is 0 Å². The van der Waals surface area contributed by atoms with Crippen molar-refractivity contribution in [2.24, 2.45) is 16.9 Å². The summed E-state index contributed by atoms with van der Waals surface area (Å²) < 4.78 is 0. The number of amides is 1. The summed E-state index contributed by atoms with van der Waals surface area (Å²) in [6, 6.07) is 8.86. The van der Waals surface area contributed by atoms with Crippen molar-refractivity contribution in [1.82, 2.24) is 5.43 Å². The molecule has 98 valence electrons. The van der Waals surface area contributed by atoms with Crippen molar-refractivity contribution in [1.29, 1.82) is 0 Å². The minimum absolute atomic E-state index is 0.467. The van der Waals surface area contributed by atoms with E-state index in [2.05, 4.69) is 22.7 Å². The van der Waals surface area contributed by atoms with Crippen molar-refractivity contribution in [3.8, 4) is 0 Å². The Hall–Kier alpha value is -1.94. The first-order chi connectivity index (χ1) is 9.25. The fourth-order valence-corrected chi connectivity index (χ4v) is 2.64. The van der Waals surface area contributed by atoms with Gasteiger partial charge in [0.15, 0.2) is 6.10 Å². The topological polar surface area (TPSA) is 61.7 Å². The molecule has 19 heavy (non-hydrogen) atoms. The normalized spacial score (nSPS) is 27.7. The van der Waals surface area contributed by atoms with Crippen LogP contribution < -0.4 is 5.43 Å². The Bertz CT molecular complexity index is 536. The average Bonchev–Trinajstić information content (AvgIpc) is 2.80. The van der Waals surface area contributed by atoms with E-state index in [0.717, 1.165) is 18.6 Å². The number of rotatable bonds is 3. The van der Waals surface area contributed by atoms with E-state index in [-0.39, 0.29) is 0 Å². The van der Waals surface area contributed by atoms with Gasteiger partial charge in [-0.1, -0.05) is 42.5 Å². The van der Waals surface area contributed by atoms with Crippen molar-refractivity contribution in [2.45, 2.75) is 18.9 Å². The first-order valence-electron chi connectivity index (χ1n) is 6.51.